The van der Waals surface area contributed by atoms with E-state index in [0.717, 1.165) is 19.6 Å². The van der Waals surface area contributed by atoms with Crippen molar-refractivity contribution in [3.63, 3.8) is 0 Å². The third-order valence-electron chi connectivity index (χ3n) is 2.82. The normalized spacial score (nSPS) is 19.1. The summed E-state index contributed by atoms with van der Waals surface area (Å²) in [7, 11) is 0. The van der Waals surface area contributed by atoms with Crippen molar-refractivity contribution in [2.45, 2.75) is 38.6 Å². The fraction of sp³-hybridized carbons (Fsp3) is 0.909. The number of hydrogen-bond acceptors (Lipinski definition) is 3. The van der Waals surface area contributed by atoms with E-state index in [1.54, 1.807) is 0 Å². The van der Waals surface area contributed by atoms with Crippen LogP contribution in [-0.4, -0.2) is 48.2 Å². The van der Waals surface area contributed by atoms with Crippen molar-refractivity contribution in [2.75, 3.05) is 26.2 Å². The molecule has 1 saturated heterocycles. The Morgan fingerprint density at radius 2 is 2.13 bits per heavy atom. The molecule has 0 aromatic rings. The van der Waals surface area contributed by atoms with Crippen LogP contribution in [0, 0.1) is 0 Å². The molecule has 1 rings (SSSR count). The van der Waals surface area contributed by atoms with Crippen molar-refractivity contribution < 1.29 is 9.90 Å². The number of aliphatic hydroxyl groups excluding tert-OH is 1. The van der Waals surface area contributed by atoms with E-state index < -0.39 is 0 Å². The van der Waals surface area contributed by atoms with Gasteiger partial charge in [-0.2, -0.15) is 0 Å². The largest absolute Gasteiger partial charge is 0.396 e. The first-order chi connectivity index (χ1) is 7.22. The van der Waals surface area contributed by atoms with Crippen molar-refractivity contribution in [3.05, 3.63) is 0 Å². The van der Waals surface area contributed by atoms with Crippen LogP contribution in [0.4, 0.5) is 0 Å². The molecule has 0 spiro atoms. The number of carbonyl (C=O) groups excluding carboxylic acids is 1. The van der Waals surface area contributed by atoms with E-state index in [9.17, 15) is 4.79 Å². The van der Waals surface area contributed by atoms with Gasteiger partial charge >= 0.3 is 0 Å². The molecule has 1 aliphatic rings. The Morgan fingerprint density at radius 1 is 1.47 bits per heavy atom. The molecule has 1 heterocycles. The van der Waals surface area contributed by atoms with Gasteiger partial charge in [0.05, 0.1) is 0 Å². The zero-order valence-electron chi connectivity index (χ0n) is 9.54. The quantitative estimate of drug-likeness (QED) is 0.671. The van der Waals surface area contributed by atoms with Gasteiger partial charge in [0.15, 0.2) is 0 Å². The van der Waals surface area contributed by atoms with Crippen molar-refractivity contribution in [3.8, 4) is 0 Å². The number of aliphatic hydroxyl groups is 1. The highest BCUT2D eigenvalue weighted by molar-refractivity contribution is 5.76. The second-order valence-electron chi connectivity index (χ2n) is 4.28. The highest BCUT2D eigenvalue weighted by atomic mass is 16.3. The first kappa shape index (κ1) is 12.5. The van der Waals surface area contributed by atoms with Crippen LogP contribution in [0.3, 0.4) is 0 Å². The second-order valence-corrected chi connectivity index (χ2v) is 4.28. The molecule has 1 amide bonds. The summed E-state index contributed by atoms with van der Waals surface area (Å²) < 4.78 is 0. The summed E-state index contributed by atoms with van der Waals surface area (Å²) in [5.74, 6) is 0.0999. The lowest BCUT2D eigenvalue weighted by Crippen LogP contribution is -2.35. The molecule has 1 aliphatic heterocycles. The fourth-order valence-corrected chi connectivity index (χ4v) is 1.88. The predicted octanol–water partition coefficient (Wildman–Crippen LogP) is 0.359. The summed E-state index contributed by atoms with van der Waals surface area (Å²) in [5.41, 5.74) is 0. The van der Waals surface area contributed by atoms with Crippen LogP contribution in [0.25, 0.3) is 0 Å². The summed E-state index contributed by atoms with van der Waals surface area (Å²) in [4.78, 5) is 13.8. The SMILES string of the molecule is CC(CCO)NC(=O)CCN1CCCC1. The van der Waals surface area contributed by atoms with Gasteiger partial charge in [-0.25, -0.2) is 0 Å². The maximum Gasteiger partial charge on any atom is 0.221 e. The van der Waals surface area contributed by atoms with Crippen molar-refractivity contribution in [1.29, 1.82) is 0 Å². The Kier molecular flexibility index (Phi) is 5.65. The van der Waals surface area contributed by atoms with E-state index in [4.69, 9.17) is 5.11 Å². The van der Waals surface area contributed by atoms with Crippen LogP contribution in [0.2, 0.25) is 0 Å². The number of carbonyl (C=O) groups is 1. The monoisotopic (exact) mass is 214 g/mol. The Hall–Kier alpha value is -0.610. The number of rotatable bonds is 6. The second kappa shape index (κ2) is 6.80. The molecule has 88 valence electrons. The van der Waals surface area contributed by atoms with Gasteiger partial charge in [-0.3, -0.25) is 4.79 Å². The number of nitrogens with zero attached hydrogens (tertiary/aromatic N) is 1. The van der Waals surface area contributed by atoms with Crippen LogP contribution in [-0.2, 0) is 4.79 Å². The van der Waals surface area contributed by atoms with Crippen molar-refractivity contribution in [1.82, 2.24) is 10.2 Å². The number of amides is 1. The van der Waals surface area contributed by atoms with Crippen LogP contribution in [0.15, 0.2) is 0 Å². The standard InChI is InChI=1S/C11H22N2O2/c1-10(5-9-14)12-11(15)4-8-13-6-2-3-7-13/h10,14H,2-9H2,1H3,(H,12,15). The van der Waals surface area contributed by atoms with Crippen molar-refractivity contribution in [2.24, 2.45) is 0 Å². The molecule has 4 heteroatoms. The third kappa shape index (κ3) is 5.14. The molecule has 0 aromatic heterocycles. The van der Waals surface area contributed by atoms with Gasteiger partial charge in [0.2, 0.25) is 5.91 Å². The molecular formula is C11H22N2O2. The summed E-state index contributed by atoms with van der Waals surface area (Å²) in [6.45, 7) is 5.20. The van der Waals surface area contributed by atoms with Gasteiger partial charge in [0.25, 0.3) is 0 Å². The van der Waals surface area contributed by atoms with Gasteiger partial charge in [-0.15, -0.1) is 0 Å². The lowest BCUT2D eigenvalue weighted by Gasteiger charge is -2.16. The predicted molar refractivity (Wildman–Crippen MR) is 59.6 cm³/mol. The van der Waals surface area contributed by atoms with Crippen LogP contribution >= 0.6 is 0 Å². The molecule has 1 atom stereocenters. The minimum atomic E-state index is 0.0843. The number of likely N-dealkylation sites (tertiary alicyclic amines) is 1. The molecule has 1 unspecified atom stereocenters. The minimum Gasteiger partial charge on any atom is -0.396 e. The average Bonchev–Trinajstić information content (AvgIpc) is 2.67. The van der Waals surface area contributed by atoms with E-state index in [2.05, 4.69) is 10.2 Å². The maximum absolute atomic E-state index is 11.5. The van der Waals surface area contributed by atoms with Crippen LogP contribution < -0.4 is 5.32 Å². The molecule has 4 nitrogen and oxygen atoms in total. The molecule has 0 saturated carbocycles. The van der Waals surface area contributed by atoms with Crippen LogP contribution in [0.1, 0.15) is 32.6 Å². The summed E-state index contributed by atoms with van der Waals surface area (Å²) in [6, 6.07) is 0.0843. The molecule has 0 aromatic carbocycles. The molecule has 0 bridgehead atoms. The Balaban J connectivity index is 2.07. The van der Waals surface area contributed by atoms with Crippen molar-refractivity contribution >= 4 is 5.91 Å². The summed E-state index contributed by atoms with van der Waals surface area (Å²) in [6.07, 6.45) is 3.75. The van der Waals surface area contributed by atoms with Crippen LogP contribution in [0.5, 0.6) is 0 Å². The third-order valence-corrected chi connectivity index (χ3v) is 2.82. The zero-order valence-corrected chi connectivity index (χ0v) is 9.54. The average molecular weight is 214 g/mol. The highest BCUT2D eigenvalue weighted by Gasteiger charge is 2.13. The van der Waals surface area contributed by atoms with E-state index in [1.165, 1.54) is 12.8 Å². The minimum absolute atomic E-state index is 0.0843. The molecule has 0 aliphatic carbocycles. The number of nitrogens with one attached hydrogen (secondary N) is 1. The van der Waals surface area contributed by atoms with E-state index >= 15 is 0 Å². The summed E-state index contributed by atoms with van der Waals surface area (Å²) in [5, 5.41) is 11.6. The highest BCUT2D eigenvalue weighted by Crippen LogP contribution is 2.07. The Labute approximate surface area is 91.6 Å². The van der Waals surface area contributed by atoms with Gasteiger partial charge in [-0.05, 0) is 39.3 Å². The molecule has 15 heavy (non-hydrogen) atoms. The van der Waals surface area contributed by atoms with E-state index in [-0.39, 0.29) is 18.6 Å². The fourth-order valence-electron chi connectivity index (χ4n) is 1.88. The maximum atomic E-state index is 11.5. The topological polar surface area (TPSA) is 52.6 Å². The number of hydrogen-bond donors (Lipinski definition) is 2. The molecule has 1 fully saturated rings. The Morgan fingerprint density at radius 3 is 2.73 bits per heavy atom. The van der Waals surface area contributed by atoms with Gasteiger partial charge in [0, 0.05) is 25.6 Å². The molecular weight excluding hydrogens is 192 g/mol. The molecule has 0 radical (unpaired) electrons. The smallest absolute Gasteiger partial charge is 0.221 e. The van der Waals surface area contributed by atoms with Gasteiger partial charge in [0.1, 0.15) is 0 Å². The molecule has 2 N–H and O–H groups in total. The summed E-state index contributed by atoms with van der Waals surface area (Å²) >= 11 is 0. The van der Waals surface area contributed by atoms with E-state index in [0.29, 0.717) is 12.8 Å². The first-order valence-electron chi connectivity index (χ1n) is 5.85. The van der Waals surface area contributed by atoms with E-state index in [1.807, 2.05) is 6.92 Å². The lowest BCUT2D eigenvalue weighted by atomic mass is 10.2. The Bertz CT molecular complexity index is 191. The zero-order chi connectivity index (χ0) is 11.1. The first-order valence-corrected chi connectivity index (χ1v) is 5.85. The lowest BCUT2D eigenvalue weighted by molar-refractivity contribution is -0.122. The van der Waals surface area contributed by atoms with Gasteiger partial charge in [-0.1, -0.05) is 0 Å². The van der Waals surface area contributed by atoms with Gasteiger partial charge < -0.3 is 15.3 Å².